The average molecular weight is 171 g/mol. The molecular formula is C10H21NO. The van der Waals surface area contributed by atoms with Crippen LogP contribution in [-0.4, -0.2) is 18.8 Å². The Morgan fingerprint density at radius 1 is 1.58 bits per heavy atom. The molecule has 2 heteroatoms. The zero-order valence-corrected chi connectivity index (χ0v) is 8.31. The van der Waals surface area contributed by atoms with E-state index in [1.54, 1.807) is 0 Å². The highest BCUT2D eigenvalue weighted by Gasteiger charge is 2.30. The molecule has 1 fully saturated rings. The normalized spacial score (nSPS) is 36.8. The van der Waals surface area contributed by atoms with Crippen LogP contribution in [0.15, 0.2) is 0 Å². The minimum atomic E-state index is -0.0202. The van der Waals surface area contributed by atoms with Crippen LogP contribution in [0, 0.1) is 5.92 Å². The standard InChI is InChI=1S/C10H21NO/c1-3-12-8-10(11)6-4-5-9(2)7-10/h9H,3-8,11H2,1-2H3. The molecule has 2 atom stereocenters. The van der Waals surface area contributed by atoms with E-state index in [1.807, 2.05) is 6.92 Å². The van der Waals surface area contributed by atoms with Crippen molar-refractivity contribution < 1.29 is 4.74 Å². The topological polar surface area (TPSA) is 35.2 Å². The smallest absolute Gasteiger partial charge is 0.0646 e. The molecule has 2 nitrogen and oxygen atoms in total. The summed E-state index contributed by atoms with van der Waals surface area (Å²) in [5.74, 6) is 0.782. The molecule has 2 N–H and O–H groups in total. The number of nitrogens with two attached hydrogens (primary N) is 1. The summed E-state index contributed by atoms with van der Waals surface area (Å²) in [6.45, 7) is 5.84. The maximum atomic E-state index is 6.21. The van der Waals surface area contributed by atoms with Crippen LogP contribution >= 0.6 is 0 Å². The van der Waals surface area contributed by atoms with E-state index in [4.69, 9.17) is 10.5 Å². The van der Waals surface area contributed by atoms with Gasteiger partial charge in [0.2, 0.25) is 0 Å². The van der Waals surface area contributed by atoms with Gasteiger partial charge in [-0.2, -0.15) is 0 Å². The molecule has 1 aliphatic rings. The van der Waals surface area contributed by atoms with Gasteiger partial charge in [-0.15, -0.1) is 0 Å². The predicted octanol–water partition coefficient (Wildman–Crippen LogP) is 1.93. The molecule has 0 heterocycles. The minimum Gasteiger partial charge on any atom is -0.380 e. The van der Waals surface area contributed by atoms with E-state index < -0.39 is 0 Å². The van der Waals surface area contributed by atoms with E-state index in [2.05, 4.69) is 6.92 Å². The van der Waals surface area contributed by atoms with Crippen LogP contribution in [0.1, 0.15) is 39.5 Å². The average Bonchev–Trinajstić information content (AvgIpc) is 2.01. The molecule has 0 aliphatic heterocycles. The summed E-state index contributed by atoms with van der Waals surface area (Å²) in [6.07, 6.45) is 4.88. The lowest BCUT2D eigenvalue weighted by Crippen LogP contribution is -2.47. The number of hydrogen-bond acceptors (Lipinski definition) is 2. The lowest BCUT2D eigenvalue weighted by Gasteiger charge is -2.36. The first-order valence-electron chi connectivity index (χ1n) is 5.03. The van der Waals surface area contributed by atoms with Crippen LogP contribution in [0.3, 0.4) is 0 Å². The minimum absolute atomic E-state index is 0.0202. The maximum Gasteiger partial charge on any atom is 0.0646 e. The second-order valence-electron chi connectivity index (χ2n) is 4.20. The predicted molar refractivity (Wildman–Crippen MR) is 51.0 cm³/mol. The summed E-state index contributed by atoms with van der Waals surface area (Å²) in [4.78, 5) is 0. The van der Waals surface area contributed by atoms with Gasteiger partial charge in [-0.25, -0.2) is 0 Å². The van der Waals surface area contributed by atoms with Gasteiger partial charge in [0.1, 0.15) is 0 Å². The van der Waals surface area contributed by atoms with E-state index in [0.717, 1.165) is 32.0 Å². The van der Waals surface area contributed by atoms with Crippen molar-refractivity contribution in [2.24, 2.45) is 11.7 Å². The molecule has 0 bridgehead atoms. The molecule has 0 aromatic heterocycles. The van der Waals surface area contributed by atoms with Gasteiger partial charge in [0.25, 0.3) is 0 Å². The lowest BCUT2D eigenvalue weighted by molar-refractivity contribution is 0.0654. The fourth-order valence-electron chi connectivity index (χ4n) is 2.14. The largest absolute Gasteiger partial charge is 0.380 e. The zero-order chi connectivity index (χ0) is 9.03. The summed E-state index contributed by atoms with van der Waals surface area (Å²) in [6, 6.07) is 0. The second kappa shape index (κ2) is 4.24. The molecule has 0 radical (unpaired) electrons. The van der Waals surface area contributed by atoms with Crippen LogP contribution in [-0.2, 0) is 4.74 Å². The second-order valence-corrected chi connectivity index (χ2v) is 4.20. The number of ether oxygens (including phenoxy) is 1. The van der Waals surface area contributed by atoms with Gasteiger partial charge in [-0.05, 0) is 25.7 Å². The molecule has 1 aliphatic carbocycles. The number of rotatable bonds is 3. The fourth-order valence-corrected chi connectivity index (χ4v) is 2.14. The van der Waals surface area contributed by atoms with Gasteiger partial charge in [0, 0.05) is 12.1 Å². The summed E-state index contributed by atoms with van der Waals surface area (Å²) in [5, 5.41) is 0. The van der Waals surface area contributed by atoms with Crippen LogP contribution in [0.2, 0.25) is 0 Å². The molecule has 1 rings (SSSR count). The SMILES string of the molecule is CCOCC1(N)CCCC(C)C1. The highest BCUT2D eigenvalue weighted by molar-refractivity contribution is 4.89. The first-order chi connectivity index (χ1) is 5.66. The monoisotopic (exact) mass is 171 g/mol. The molecule has 0 saturated heterocycles. The van der Waals surface area contributed by atoms with E-state index in [9.17, 15) is 0 Å². The maximum absolute atomic E-state index is 6.21. The zero-order valence-electron chi connectivity index (χ0n) is 8.31. The Labute approximate surface area is 75.5 Å². The van der Waals surface area contributed by atoms with Gasteiger partial charge in [0.15, 0.2) is 0 Å². The van der Waals surface area contributed by atoms with Gasteiger partial charge in [-0.3, -0.25) is 0 Å². The van der Waals surface area contributed by atoms with E-state index >= 15 is 0 Å². The highest BCUT2D eigenvalue weighted by Crippen LogP contribution is 2.30. The fraction of sp³-hybridized carbons (Fsp3) is 1.00. The van der Waals surface area contributed by atoms with Gasteiger partial charge in [0.05, 0.1) is 6.61 Å². The van der Waals surface area contributed by atoms with Gasteiger partial charge in [-0.1, -0.05) is 19.8 Å². The molecule has 0 amide bonds. The van der Waals surface area contributed by atoms with Crippen molar-refractivity contribution in [1.29, 1.82) is 0 Å². The van der Waals surface area contributed by atoms with Crippen LogP contribution in [0.4, 0.5) is 0 Å². The third-order valence-electron chi connectivity index (χ3n) is 2.72. The van der Waals surface area contributed by atoms with Crippen molar-refractivity contribution in [1.82, 2.24) is 0 Å². The van der Waals surface area contributed by atoms with Crippen molar-refractivity contribution in [3.8, 4) is 0 Å². The Morgan fingerprint density at radius 2 is 2.33 bits per heavy atom. The summed E-state index contributed by atoms with van der Waals surface area (Å²) in [5.41, 5.74) is 6.19. The molecule has 0 aromatic rings. The van der Waals surface area contributed by atoms with Crippen molar-refractivity contribution in [2.75, 3.05) is 13.2 Å². The molecule has 0 aromatic carbocycles. The van der Waals surface area contributed by atoms with Gasteiger partial charge < -0.3 is 10.5 Å². The molecule has 0 spiro atoms. The first-order valence-corrected chi connectivity index (χ1v) is 5.03. The summed E-state index contributed by atoms with van der Waals surface area (Å²) >= 11 is 0. The Morgan fingerprint density at radius 3 is 2.92 bits per heavy atom. The van der Waals surface area contributed by atoms with Crippen LogP contribution in [0.25, 0.3) is 0 Å². The Balaban J connectivity index is 2.35. The lowest BCUT2D eigenvalue weighted by atomic mass is 9.77. The van der Waals surface area contributed by atoms with Gasteiger partial charge >= 0.3 is 0 Å². The van der Waals surface area contributed by atoms with Crippen molar-refractivity contribution in [2.45, 2.75) is 45.1 Å². The molecule has 72 valence electrons. The third kappa shape index (κ3) is 2.76. The van der Waals surface area contributed by atoms with Crippen LogP contribution < -0.4 is 5.73 Å². The summed E-state index contributed by atoms with van der Waals surface area (Å²) in [7, 11) is 0. The van der Waals surface area contributed by atoms with E-state index in [-0.39, 0.29) is 5.54 Å². The van der Waals surface area contributed by atoms with E-state index in [1.165, 1.54) is 12.8 Å². The number of hydrogen-bond donors (Lipinski definition) is 1. The third-order valence-corrected chi connectivity index (χ3v) is 2.72. The Kier molecular flexibility index (Phi) is 3.53. The molecule has 2 unspecified atom stereocenters. The molecule has 1 saturated carbocycles. The van der Waals surface area contributed by atoms with Crippen LogP contribution in [0.5, 0.6) is 0 Å². The summed E-state index contributed by atoms with van der Waals surface area (Å²) < 4.78 is 5.40. The molecular weight excluding hydrogens is 150 g/mol. The highest BCUT2D eigenvalue weighted by atomic mass is 16.5. The Hall–Kier alpha value is -0.0800. The van der Waals surface area contributed by atoms with Crippen molar-refractivity contribution in [3.63, 3.8) is 0 Å². The molecule has 12 heavy (non-hydrogen) atoms. The van der Waals surface area contributed by atoms with Crippen molar-refractivity contribution in [3.05, 3.63) is 0 Å². The van der Waals surface area contributed by atoms with E-state index in [0.29, 0.717) is 0 Å². The Bertz CT molecular complexity index is 138. The van der Waals surface area contributed by atoms with Crippen molar-refractivity contribution >= 4 is 0 Å². The first kappa shape index (κ1) is 10.0. The quantitative estimate of drug-likeness (QED) is 0.704.